The first kappa shape index (κ1) is 20.1. The predicted molar refractivity (Wildman–Crippen MR) is 101 cm³/mol. The largest absolute Gasteiger partial charge is 0.421 e. The number of H-pyrrole nitrogens is 1. The highest BCUT2D eigenvalue weighted by atomic mass is 19.4. The highest BCUT2D eigenvalue weighted by Crippen LogP contribution is 2.40. The second-order valence-corrected chi connectivity index (χ2v) is 6.99. The molecule has 1 fully saturated rings. The maximum absolute atomic E-state index is 13.4. The smallest absolute Gasteiger partial charge is 0.394 e. The predicted octanol–water partition coefficient (Wildman–Crippen LogP) is 4.12. The molecule has 11 heteroatoms. The van der Waals surface area contributed by atoms with E-state index in [-0.39, 0.29) is 5.95 Å². The number of alkyl halides is 3. The van der Waals surface area contributed by atoms with Gasteiger partial charge in [-0.15, -0.1) is 0 Å². The summed E-state index contributed by atoms with van der Waals surface area (Å²) in [5.41, 5.74) is 0.259. The van der Waals surface area contributed by atoms with Gasteiger partial charge in [0.2, 0.25) is 5.95 Å². The molecule has 0 bridgehead atoms. The van der Waals surface area contributed by atoms with Crippen LogP contribution in [0.3, 0.4) is 0 Å². The third kappa shape index (κ3) is 4.51. The summed E-state index contributed by atoms with van der Waals surface area (Å²) in [5, 5.41) is 22.0. The third-order valence-corrected chi connectivity index (χ3v) is 4.71. The highest BCUT2D eigenvalue weighted by Gasteiger charge is 2.36. The Balaban J connectivity index is 1.61. The summed E-state index contributed by atoms with van der Waals surface area (Å²) >= 11 is 0. The molecule has 2 heterocycles. The highest BCUT2D eigenvalue weighted by molar-refractivity contribution is 5.55. The maximum Gasteiger partial charge on any atom is 0.421 e. The van der Waals surface area contributed by atoms with Gasteiger partial charge >= 0.3 is 6.18 Å². The fraction of sp³-hybridized carbons (Fsp3) is 0.316. The Labute approximate surface area is 168 Å². The first-order valence-corrected chi connectivity index (χ1v) is 9.23. The molecule has 4 N–H and O–H groups in total. The van der Waals surface area contributed by atoms with E-state index >= 15 is 0 Å². The van der Waals surface area contributed by atoms with Crippen molar-refractivity contribution in [2.75, 3.05) is 17.2 Å². The van der Waals surface area contributed by atoms with Crippen molar-refractivity contribution in [2.24, 2.45) is 0 Å². The molecule has 1 aliphatic carbocycles. The average molecular weight is 422 g/mol. The van der Waals surface area contributed by atoms with Gasteiger partial charge in [-0.2, -0.15) is 23.3 Å². The number of nitrogens with zero attached hydrogens (tertiary/aromatic N) is 3. The van der Waals surface area contributed by atoms with Crippen molar-refractivity contribution in [1.82, 2.24) is 20.2 Å². The molecule has 0 spiro atoms. The summed E-state index contributed by atoms with van der Waals surface area (Å²) in [5.74, 6) is -0.277. The van der Waals surface area contributed by atoms with Crippen molar-refractivity contribution in [3.05, 3.63) is 59.2 Å². The number of nitrogens with one attached hydrogen (secondary N) is 3. The van der Waals surface area contributed by atoms with E-state index in [1.165, 1.54) is 12.1 Å². The summed E-state index contributed by atoms with van der Waals surface area (Å²) in [6.45, 7) is -0.528. The number of anilines is 3. The zero-order valence-corrected chi connectivity index (χ0v) is 15.5. The van der Waals surface area contributed by atoms with E-state index in [4.69, 9.17) is 0 Å². The van der Waals surface area contributed by atoms with Crippen LogP contribution >= 0.6 is 0 Å². The topological polar surface area (TPSA) is 98.8 Å². The standard InChI is InChI=1S/C19H18F4N6O/c20-12-5-3-11(4-6-12)15(9-30)25-17-13(19(21,22)23)8-24-18(27-17)26-16-7-14(28-29-16)10-1-2-10/h3-8,10,15,30H,1-2,9H2,(H3,24,25,26,27,28,29). The van der Waals surface area contributed by atoms with E-state index in [9.17, 15) is 22.7 Å². The molecule has 7 nitrogen and oxygen atoms in total. The lowest BCUT2D eigenvalue weighted by Gasteiger charge is -2.20. The van der Waals surface area contributed by atoms with Gasteiger partial charge < -0.3 is 15.7 Å². The monoisotopic (exact) mass is 422 g/mol. The Morgan fingerprint density at radius 1 is 1.20 bits per heavy atom. The van der Waals surface area contributed by atoms with Gasteiger partial charge in [-0.3, -0.25) is 5.10 Å². The van der Waals surface area contributed by atoms with Crippen LogP contribution in [0.15, 0.2) is 36.5 Å². The SMILES string of the molecule is OCC(Nc1nc(Nc2cc(C3CC3)[nH]n2)ncc1C(F)(F)F)c1ccc(F)cc1. The summed E-state index contributed by atoms with van der Waals surface area (Å²) in [4.78, 5) is 7.68. The molecule has 1 aliphatic rings. The van der Waals surface area contributed by atoms with Crippen LogP contribution in [0.4, 0.5) is 35.1 Å². The molecule has 1 unspecified atom stereocenters. The Kier molecular flexibility index (Phi) is 5.29. The molecule has 3 aromatic rings. The molecule has 4 rings (SSSR count). The number of hydrogen-bond acceptors (Lipinski definition) is 6. The van der Waals surface area contributed by atoms with Crippen LogP contribution in [-0.4, -0.2) is 31.9 Å². The van der Waals surface area contributed by atoms with Gasteiger partial charge in [0, 0.05) is 23.9 Å². The number of aromatic amines is 1. The number of aromatic nitrogens is 4. The number of aliphatic hydroxyl groups is 1. The quantitative estimate of drug-likeness (QED) is 0.428. The molecule has 0 aliphatic heterocycles. The van der Waals surface area contributed by atoms with Gasteiger partial charge in [0.25, 0.3) is 0 Å². The molecule has 1 saturated carbocycles. The van der Waals surface area contributed by atoms with Crippen molar-refractivity contribution in [3.63, 3.8) is 0 Å². The van der Waals surface area contributed by atoms with E-state index in [2.05, 4.69) is 30.8 Å². The van der Waals surface area contributed by atoms with Crippen molar-refractivity contribution in [1.29, 1.82) is 0 Å². The molecule has 30 heavy (non-hydrogen) atoms. The van der Waals surface area contributed by atoms with Crippen LogP contribution in [0.1, 0.15) is 41.6 Å². The molecular weight excluding hydrogens is 404 g/mol. The van der Waals surface area contributed by atoms with Crippen molar-refractivity contribution in [2.45, 2.75) is 31.0 Å². The minimum atomic E-state index is -4.71. The Hall–Kier alpha value is -3.21. The van der Waals surface area contributed by atoms with E-state index in [1.54, 1.807) is 6.07 Å². The first-order chi connectivity index (χ1) is 14.3. The minimum absolute atomic E-state index is 0.0878. The first-order valence-electron chi connectivity index (χ1n) is 9.23. The number of hydrogen-bond donors (Lipinski definition) is 4. The zero-order valence-electron chi connectivity index (χ0n) is 15.5. The summed E-state index contributed by atoms with van der Waals surface area (Å²) in [6, 6.07) is 5.90. The van der Waals surface area contributed by atoms with Crippen LogP contribution in [0.2, 0.25) is 0 Å². The van der Waals surface area contributed by atoms with Gasteiger partial charge in [-0.1, -0.05) is 12.1 Å². The lowest BCUT2D eigenvalue weighted by Crippen LogP contribution is -2.20. The van der Waals surface area contributed by atoms with E-state index < -0.39 is 36.0 Å². The number of rotatable bonds is 7. The Morgan fingerprint density at radius 3 is 2.57 bits per heavy atom. The fourth-order valence-electron chi connectivity index (χ4n) is 2.97. The van der Waals surface area contributed by atoms with Gasteiger partial charge in [0.15, 0.2) is 5.82 Å². The maximum atomic E-state index is 13.4. The molecule has 0 amide bonds. The lowest BCUT2D eigenvalue weighted by atomic mass is 10.1. The van der Waals surface area contributed by atoms with Crippen LogP contribution in [-0.2, 0) is 6.18 Å². The second kappa shape index (κ2) is 7.90. The molecule has 0 radical (unpaired) electrons. The second-order valence-electron chi connectivity index (χ2n) is 6.99. The number of benzene rings is 1. The van der Waals surface area contributed by atoms with Crippen molar-refractivity contribution >= 4 is 17.6 Å². The molecule has 158 valence electrons. The van der Waals surface area contributed by atoms with E-state index in [0.29, 0.717) is 23.5 Å². The molecular formula is C19H18F4N6O. The van der Waals surface area contributed by atoms with Gasteiger partial charge in [0.05, 0.1) is 12.6 Å². The lowest BCUT2D eigenvalue weighted by molar-refractivity contribution is -0.137. The van der Waals surface area contributed by atoms with E-state index in [0.717, 1.165) is 30.7 Å². The summed E-state index contributed by atoms with van der Waals surface area (Å²) in [6.07, 6.45) is -1.92. The molecule has 1 atom stereocenters. The summed E-state index contributed by atoms with van der Waals surface area (Å²) in [7, 11) is 0. The van der Waals surface area contributed by atoms with Crippen LogP contribution in [0, 0.1) is 5.82 Å². The fourth-order valence-corrected chi connectivity index (χ4v) is 2.97. The number of aliphatic hydroxyl groups excluding tert-OH is 1. The van der Waals surface area contributed by atoms with Crippen LogP contribution < -0.4 is 10.6 Å². The van der Waals surface area contributed by atoms with Gasteiger partial charge in [-0.05, 0) is 30.5 Å². The van der Waals surface area contributed by atoms with Gasteiger partial charge in [-0.25, -0.2) is 9.37 Å². The zero-order chi connectivity index (χ0) is 21.3. The molecule has 0 saturated heterocycles. The Bertz CT molecular complexity index is 1020. The minimum Gasteiger partial charge on any atom is -0.394 e. The third-order valence-electron chi connectivity index (χ3n) is 4.71. The van der Waals surface area contributed by atoms with Crippen LogP contribution in [0.5, 0.6) is 0 Å². The normalized spacial score (nSPS) is 15.1. The van der Waals surface area contributed by atoms with Crippen molar-refractivity contribution < 1.29 is 22.7 Å². The van der Waals surface area contributed by atoms with Crippen LogP contribution in [0.25, 0.3) is 0 Å². The summed E-state index contributed by atoms with van der Waals surface area (Å²) < 4.78 is 53.5. The van der Waals surface area contributed by atoms with E-state index in [1.807, 2.05) is 0 Å². The molecule has 2 aromatic heterocycles. The Morgan fingerprint density at radius 2 is 1.93 bits per heavy atom. The average Bonchev–Trinajstić information content (AvgIpc) is 3.45. The van der Waals surface area contributed by atoms with Gasteiger partial charge in [0.1, 0.15) is 17.2 Å². The number of halogens is 4. The van der Waals surface area contributed by atoms with Crippen molar-refractivity contribution in [3.8, 4) is 0 Å². The molecule has 1 aromatic carbocycles.